The number of ether oxygens (including phenoxy) is 1. The Kier molecular flexibility index (Phi) is 3.49. The second-order valence-electron chi connectivity index (χ2n) is 6.65. The quantitative estimate of drug-likeness (QED) is 0.878. The molecule has 2 aliphatic rings. The van der Waals surface area contributed by atoms with E-state index in [4.69, 9.17) is 9.15 Å². The van der Waals surface area contributed by atoms with E-state index in [-0.39, 0.29) is 17.3 Å². The number of carbonyl (C=O) groups excluding carboxylic acids is 1. The Balaban J connectivity index is 1.33. The molecule has 23 heavy (non-hydrogen) atoms. The van der Waals surface area contributed by atoms with E-state index in [1.165, 1.54) is 7.11 Å². The average Bonchev–Trinajstić information content (AvgIpc) is 2.99. The number of esters is 1. The van der Waals surface area contributed by atoms with Crippen molar-refractivity contribution in [2.24, 2.45) is 11.3 Å². The Morgan fingerprint density at radius 3 is 2.96 bits per heavy atom. The largest absolute Gasteiger partial charge is 0.469 e. The van der Waals surface area contributed by atoms with E-state index in [9.17, 15) is 4.79 Å². The van der Waals surface area contributed by atoms with Crippen LogP contribution in [-0.2, 0) is 16.1 Å². The van der Waals surface area contributed by atoms with E-state index in [0.717, 1.165) is 56.1 Å². The normalized spacial score (nSPS) is 23.1. The van der Waals surface area contributed by atoms with Crippen LogP contribution in [0.5, 0.6) is 0 Å². The molecule has 1 saturated carbocycles. The van der Waals surface area contributed by atoms with Crippen LogP contribution < -0.4 is 0 Å². The van der Waals surface area contributed by atoms with Gasteiger partial charge in [-0.1, -0.05) is 0 Å². The second-order valence-corrected chi connectivity index (χ2v) is 6.65. The molecule has 2 fully saturated rings. The summed E-state index contributed by atoms with van der Waals surface area (Å²) in [5.74, 6) is 1.88. The smallest absolute Gasteiger partial charge is 0.309 e. The van der Waals surface area contributed by atoms with Crippen molar-refractivity contribution in [1.29, 1.82) is 0 Å². The van der Waals surface area contributed by atoms with Crippen LogP contribution in [0.25, 0.3) is 11.5 Å². The summed E-state index contributed by atoms with van der Waals surface area (Å²) in [7, 11) is 1.48. The number of methoxy groups -OCH3 is 1. The molecule has 1 N–H and O–H groups in total. The summed E-state index contributed by atoms with van der Waals surface area (Å²) < 4.78 is 10.8. The molecule has 0 radical (unpaired) electrons. The minimum atomic E-state index is -0.0336. The maximum Gasteiger partial charge on any atom is 0.309 e. The van der Waals surface area contributed by atoms with E-state index < -0.39 is 0 Å². The van der Waals surface area contributed by atoms with Crippen LogP contribution in [0.1, 0.15) is 25.0 Å². The van der Waals surface area contributed by atoms with E-state index in [2.05, 4.69) is 15.1 Å². The van der Waals surface area contributed by atoms with Crippen molar-refractivity contribution < 1.29 is 13.9 Å². The third-order valence-electron chi connectivity index (χ3n) is 5.33. The standard InChI is InChI=1S/C17H21N3O3/c1-22-16(21)13-10-17(13)5-8-20(9-6-17)11-12-2-3-15(23-12)14-4-7-18-19-14/h2-4,7,13H,5-6,8-11H2,1H3,(H,18,19). The lowest BCUT2D eigenvalue weighted by molar-refractivity contribution is -0.143. The zero-order valence-corrected chi connectivity index (χ0v) is 13.2. The van der Waals surface area contributed by atoms with Gasteiger partial charge in [-0.2, -0.15) is 5.10 Å². The van der Waals surface area contributed by atoms with Gasteiger partial charge in [0.05, 0.1) is 19.6 Å². The molecular formula is C17H21N3O3. The number of rotatable bonds is 4. The van der Waals surface area contributed by atoms with Crippen LogP contribution in [0.2, 0.25) is 0 Å². The monoisotopic (exact) mass is 315 g/mol. The number of aromatic amines is 1. The molecule has 0 aromatic carbocycles. The fraction of sp³-hybridized carbons (Fsp3) is 0.529. The molecule has 1 saturated heterocycles. The molecule has 0 bridgehead atoms. The van der Waals surface area contributed by atoms with Crippen LogP contribution in [0.4, 0.5) is 0 Å². The number of furan rings is 1. The van der Waals surface area contributed by atoms with E-state index in [1.54, 1.807) is 6.20 Å². The molecule has 0 amide bonds. The molecule has 6 heteroatoms. The minimum absolute atomic E-state index is 0.0336. The van der Waals surface area contributed by atoms with Crippen LogP contribution >= 0.6 is 0 Å². The molecule has 122 valence electrons. The van der Waals surface area contributed by atoms with Gasteiger partial charge in [0, 0.05) is 6.20 Å². The number of hydrogen-bond acceptors (Lipinski definition) is 5. The highest BCUT2D eigenvalue weighted by atomic mass is 16.5. The number of H-pyrrole nitrogens is 1. The number of piperidine rings is 1. The first-order chi connectivity index (χ1) is 11.2. The molecule has 1 unspecified atom stereocenters. The first-order valence-corrected chi connectivity index (χ1v) is 8.09. The summed E-state index contributed by atoms with van der Waals surface area (Å²) in [5.41, 5.74) is 1.11. The minimum Gasteiger partial charge on any atom is -0.469 e. The fourth-order valence-electron chi connectivity index (χ4n) is 3.75. The predicted octanol–water partition coefficient (Wildman–Crippen LogP) is 2.44. The summed E-state index contributed by atoms with van der Waals surface area (Å²) >= 11 is 0. The lowest BCUT2D eigenvalue weighted by atomic mass is 9.91. The Morgan fingerprint density at radius 2 is 2.26 bits per heavy atom. The zero-order chi connectivity index (χ0) is 15.9. The number of hydrogen-bond donors (Lipinski definition) is 1. The summed E-state index contributed by atoms with van der Waals surface area (Å²) in [6.07, 6.45) is 4.86. The van der Waals surface area contributed by atoms with E-state index in [1.807, 2.05) is 18.2 Å². The lowest BCUT2D eigenvalue weighted by Crippen LogP contribution is -2.35. The SMILES string of the molecule is COC(=O)C1CC12CCN(Cc1ccc(-c3ccn[nH]3)o1)CC2. The third kappa shape index (κ3) is 2.67. The lowest BCUT2D eigenvalue weighted by Gasteiger charge is -2.32. The highest BCUT2D eigenvalue weighted by Gasteiger charge is 2.59. The van der Waals surface area contributed by atoms with Gasteiger partial charge in [0.25, 0.3) is 0 Å². The number of aromatic nitrogens is 2. The number of carbonyl (C=O) groups is 1. The van der Waals surface area contributed by atoms with Crippen LogP contribution in [0.15, 0.2) is 28.8 Å². The highest BCUT2D eigenvalue weighted by molar-refractivity contribution is 5.76. The van der Waals surface area contributed by atoms with Crippen molar-refractivity contribution in [1.82, 2.24) is 15.1 Å². The topological polar surface area (TPSA) is 71.4 Å². The molecule has 4 rings (SSSR count). The van der Waals surface area contributed by atoms with Crippen molar-refractivity contribution in [2.75, 3.05) is 20.2 Å². The molecule has 1 atom stereocenters. The molecule has 1 aliphatic heterocycles. The second kappa shape index (κ2) is 5.53. The number of likely N-dealkylation sites (tertiary alicyclic amines) is 1. The summed E-state index contributed by atoms with van der Waals surface area (Å²) in [6.45, 7) is 2.83. The van der Waals surface area contributed by atoms with Gasteiger partial charge < -0.3 is 9.15 Å². The van der Waals surface area contributed by atoms with Crippen molar-refractivity contribution in [3.8, 4) is 11.5 Å². The van der Waals surface area contributed by atoms with Crippen molar-refractivity contribution in [3.63, 3.8) is 0 Å². The molecule has 2 aromatic rings. The Labute approximate surface area is 134 Å². The van der Waals surface area contributed by atoms with Crippen LogP contribution in [-0.4, -0.2) is 41.3 Å². The van der Waals surface area contributed by atoms with E-state index in [0.29, 0.717) is 0 Å². The van der Waals surface area contributed by atoms with E-state index >= 15 is 0 Å². The van der Waals surface area contributed by atoms with Gasteiger partial charge in [-0.15, -0.1) is 0 Å². The van der Waals surface area contributed by atoms with Gasteiger partial charge in [0.1, 0.15) is 11.5 Å². The van der Waals surface area contributed by atoms with Gasteiger partial charge in [-0.05, 0) is 56.0 Å². The maximum absolute atomic E-state index is 11.7. The van der Waals surface area contributed by atoms with Crippen LogP contribution in [0, 0.1) is 11.3 Å². The molecule has 3 heterocycles. The van der Waals surface area contributed by atoms with Gasteiger partial charge in [0.2, 0.25) is 0 Å². The summed E-state index contributed by atoms with van der Waals surface area (Å²) in [5, 5.41) is 6.85. The highest BCUT2D eigenvalue weighted by Crippen LogP contribution is 2.59. The first kappa shape index (κ1) is 14.5. The summed E-state index contributed by atoms with van der Waals surface area (Å²) in [4.78, 5) is 14.1. The third-order valence-corrected chi connectivity index (χ3v) is 5.33. The van der Waals surface area contributed by atoms with Crippen LogP contribution in [0.3, 0.4) is 0 Å². The van der Waals surface area contributed by atoms with Crippen molar-refractivity contribution >= 4 is 5.97 Å². The molecule has 6 nitrogen and oxygen atoms in total. The van der Waals surface area contributed by atoms with Gasteiger partial charge in [-0.25, -0.2) is 0 Å². The molecule has 1 spiro atoms. The molecular weight excluding hydrogens is 294 g/mol. The Morgan fingerprint density at radius 1 is 1.43 bits per heavy atom. The first-order valence-electron chi connectivity index (χ1n) is 8.09. The Hall–Kier alpha value is -2.08. The molecule has 2 aromatic heterocycles. The van der Waals surface area contributed by atoms with Gasteiger partial charge in [-0.3, -0.25) is 14.8 Å². The number of nitrogens with zero attached hydrogens (tertiary/aromatic N) is 2. The summed E-state index contributed by atoms with van der Waals surface area (Å²) in [6, 6.07) is 5.89. The fourth-order valence-corrected chi connectivity index (χ4v) is 3.75. The van der Waals surface area contributed by atoms with Crippen molar-refractivity contribution in [2.45, 2.75) is 25.8 Å². The van der Waals surface area contributed by atoms with Crippen molar-refractivity contribution in [3.05, 3.63) is 30.2 Å². The zero-order valence-electron chi connectivity index (χ0n) is 13.2. The maximum atomic E-state index is 11.7. The average molecular weight is 315 g/mol. The Bertz CT molecular complexity index is 684. The van der Waals surface area contributed by atoms with Gasteiger partial charge >= 0.3 is 5.97 Å². The predicted molar refractivity (Wildman–Crippen MR) is 83.4 cm³/mol. The molecule has 1 aliphatic carbocycles. The van der Waals surface area contributed by atoms with Gasteiger partial charge in [0.15, 0.2) is 5.76 Å². The number of nitrogens with one attached hydrogen (secondary N) is 1.